The van der Waals surface area contributed by atoms with Crippen LogP contribution in [0.4, 0.5) is 0 Å². The minimum absolute atomic E-state index is 0.0942. The third kappa shape index (κ3) is 2.71. The molecule has 3 atom stereocenters. The van der Waals surface area contributed by atoms with Crippen molar-refractivity contribution in [2.75, 3.05) is 0 Å². The summed E-state index contributed by atoms with van der Waals surface area (Å²) in [5.74, 6) is 1.20. The minimum Gasteiger partial charge on any atom is -0.352 e. The Kier molecular flexibility index (Phi) is 3.63. The summed E-state index contributed by atoms with van der Waals surface area (Å²) in [5.41, 5.74) is 5.05. The molecule has 2 aliphatic rings. The number of hydrogen-bond acceptors (Lipinski definition) is 2. The van der Waals surface area contributed by atoms with Crippen LogP contribution >= 0.6 is 0 Å². The van der Waals surface area contributed by atoms with Gasteiger partial charge in [-0.15, -0.1) is 0 Å². The van der Waals surface area contributed by atoms with Crippen molar-refractivity contribution in [3.05, 3.63) is 89.5 Å². The monoisotopic (exact) mass is 343 g/mol. The Morgan fingerprint density at radius 2 is 1.92 bits per heavy atom. The van der Waals surface area contributed by atoms with Gasteiger partial charge in [-0.3, -0.25) is 4.79 Å². The smallest absolute Gasteiger partial charge is 0.226 e. The number of aromatic nitrogens is 2. The van der Waals surface area contributed by atoms with Crippen molar-refractivity contribution in [2.24, 2.45) is 5.92 Å². The number of nitrogens with one attached hydrogen (secondary N) is 1. The van der Waals surface area contributed by atoms with Crippen molar-refractivity contribution in [2.45, 2.75) is 31.3 Å². The Morgan fingerprint density at radius 3 is 2.81 bits per heavy atom. The lowest BCUT2D eigenvalue weighted by Gasteiger charge is -2.11. The normalized spacial score (nSPS) is 22.5. The van der Waals surface area contributed by atoms with Gasteiger partial charge in [0.2, 0.25) is 5.91 Å². The zero-order valence-electron chi connectivity index (χ0n) is 14.5. The van der Waals surface area contributed by atoms with E-state index in [1.807, 2.05) is 18.2 Å². The SMILES string of the molecule is O=C(Cc1cncn1Cc1ccccc1)N[C@@H]1[C@H]2Cc3ccccc3[C@@H]21. The van der Waals surface area contributed by atoms with Gasteiger partial charge in [0.15, 0.2) is 0 Å². The summed E-state index contributed by atoms with van der Waals surface area (Å²) in [5, 5.41) is 3.25. The van der Waals surface area contributed by atoms with E-state index in [-0.39, 0.29) is 5.91 Å². The molecule has 0 spiro atoms. The van der Waals surface area contributed by atoms with Gasteiger partial charge >= 0.3 is 0 Å². The van der Waals surface area contributed by atoms with E-state index in [9.17, 15) is 4.79 Å². The van der Waals surface area contributed by atoms with Crippen molar-refractivity contribution in [1.29, 1.82) is 0 Å². The van der Waals surface area contributed by atoms with Crippen molar-refractivity contribution in [1.82, 2.24) is 14.9 Å². The molecule has 3 aromatic rings. The number of fused-ring (bicyclic) bond motifs is 3. The van der Waals surface area contributed by atoms with Crippen molar-refractivity contribution >= 4 is 5.91 Å². The summed E-state index contributed by atoms with van der Waals surface area (Å²) in [4.78, 5) is 16.8. The fourth-order valence-electron chi connectivity index (χ4n) is 4.37. The van der Waals surface area contributed by atoms with Crippen LogP contribution in [0.2, 0.25) is 0 Å². The Labute approximate surface area is 152 Å². The van der Waals surface area contributed by atoms with E-state index < -0.39 is 0 Å². The van der Waals surface area contributed by atoms with Gasteiger partial charge in [0.1, 0.15) is 0 Å². The lowest BCUT2D eigenvalue weighted by molar-refractivity contribution is -0.120. The van der Waals surface area contributed by atoms with Crippen LogP contribution in [0, 0.1) is 5.92 Å². The lowest BCUT2D eigenvalue weighted by atomic mass is 10.1. The zero-order chi connectivity index (χ0) is 17.5. The lowest BCUT2D eigenvalue weighted by Crippen LogP contribution is -2.30. The molecule has 1 amide bonds. The highest BCUT2D eigenvalue weighted by molar-refractivity contribution is 5.79. The Morgan fingerprint density at radius 1 is 1.12 bits per heavy atom. The highest BCUT2D eigenvalue weighted by Crippen LogP contribution is 2.56. The number of carbonyl (C=O) groups is 1. The van der Waals surface area contributed by atoms with Crippen LogP contribution in [-0.4, -0.2) is 21.5 Å². The summed E-state index contributed by atoms with van der Waals surface area (Å²) in [7, 11) is 0. The van der Waals surface area contributed by atoms with Crippen LogP contribution in [0.25, 0.3) is 0 Å². The predicted octanol–water partition coefficient (Wildman–Crippen LogP) is 2.93. The number of nitrogens with zero attached hydrogens (tertiary/aromatic N) is 2. The Hall–Kier alpha value is -2.88. The molecule has 1 aromatic heterocycles. The minimum atomic E-state index is 0.0942. The van der Waals surface area contributed by atoms with Crippen molar-refractivity contribution in [3.8, 4) is 0 Å². The first-order valence-corrected chi connectivity index (χ1v) is 9.20. The maximum atomic E-state index is 12.6. The molecule has 2 aliphatic carbocycles. The quantitative estimate of drug-likeness (QED) is 0.774. The average molecular weight is 343 g/mol. The van der Waals surface area contributed by atoms with Crippen LogP contribution < -0.4 is 5.32 Å². The summed E-state index contributed by atoms with van der Waals surface area (Å²) in [6.45, 7) is 0.742. The molecule has 4 nitrogen and oxygen atoms in total. The number of benzene rings is 2. The van der Waals surface area contributed by atoms with Gasteiger partial charge in [0, 0.05) is 30.4 Å². The molecule has 0 radical (unpaired) electrons. The first kappa shape index (κ1) is 15.4. The molecule has 0 bridgehead atoms. The van der Waals surface area contributed by atoms with E-state index in [2.05, 4.69) is 51.3 Å². The van der Waals surface area contributed by atoms with E-state index in [1.54, 1.807) is 12.5 Å². The van der Waals surface area contributed by atoms with E-state index in [0.29, 0.717) is 24.3 Å². The predicted molar refractivity (Wildman–Crippen MR) is 99.8 cm³/mol. The number of hydrogen-bond donors (Lipinski definition) is 1. The van der Waals surface area contributed by atoms with Crippen molar-refractivity contribution in [3.63, 3.8) is 0 Å². The molecule has 130 valence electrons. The van der Waals surface area contributed by atoms with Gasteiger partial charge in [0.25, 0.3) is 0 Å². The van der Waals surface area contributed by atoms with E-state index in [0.717, 1.165) is 18.7 Å². The van der Waals surface area contributed by atoms with Gasteiger partial charge in [0.05, 0.1) is 12.7 Å². The second kappa shape index (κ2) is 6.13. The largest absolute Gasteiger partial charge is 0.352 e. The van der Waals surface area contributed by atoms with Crippen molar-refractivity contribution < 1.29 is 4.79 Å². The third-order valence-electron chi connectivity index (χ3n) is 5.70. The maximum Gasteiger partial charge on any atom is 0.226 e. The molecule has 26 heavy (non-hydrogen) atoms. The van der Waals surface area contributed by atoms with Gasteiger partial charge in [-0.2, -0.15) is 0 Å². The summed E-state index contributed by atoms with van der Waals surface area (Å²) in [6.07, 6.45) is 5.07. The van der Waals surface area contributed by atoms with Gasteiger partial charge in [-0.1, -0.05) is 54.6 Å². The number of rotatable bonds is 5. The van der Waals surface area contributed by atoms with E-state index >= 15 is 0 Å². The fraction of sp³-hybridized carbons (Fsp3) is 0.273. The summed E-state index contributed by atoms with van der Waals surface area (Å²) in [6, 6.07) is 19.2. The standard InChI is InChI=1S/C22H21N3O/c26-20(24-22-19-10-16-8-4-5-9-18(16)21(19)22)11-17-12-23-14-25(17)13-15-6-2-1-3-7-15/h1-9,12,14,19,21-22H,10-11,13H2,(H,24,26)/t19-,21-,22+/m0/s1. The van der Waals surface area contributed by atoms with Crippen LogP contribution in [-0.2, 0) is 24.2 Å². The van der Waals surface area contributed by atoms with E-state index in [4.69, 9.17) is 0 Å². The van der Waals surface area contributed by atoms with Gasteiger partial charge < -0.3 is 9.88 Å². The molecule has 2 aromatic carbocycles. The molecular formula is C22H21N3O. The van der Waals surface area contributed by atoms with Gasteiger partial charge in [-0.25, -0.2) is 4.98 Å². The van der Waals surface area contributed by atoms with E-state index in [1.165, 1.54) is 16.7 Å². The molecule has 1 N–H and O–H groups in total. The number of imidazole rings is 1. The first-order valence-electron chi connectivity index (χ1n) is 9.20. The fourth-order valence-corrected chi connectivity index (χ4v) is 4.37. The third-order valence-corrected chi connectivity index (χ3v) is 5.70. The van der Waals surface area contributed by atoms with Crippen LogP contribution in [0.3, 0.4) is 0 Å². The van der Waals surface area contributed by atoms with Crippen LogP contribution in [0.5, 0.6) is 0 Å². The molecule has 1 saturated carbocycles. The summed E-state index contributed by atoms with van der Waals surface area (Å²) >= 11 is 0. The van der Waals surface area contributed by atoms with Gasteiger partial charge in [-0.05, 0) is 29.0 Å². The maximum absolute atomic E-state index is 12.6. The highest BCUT2D eigenvalue weighted by atomic mass is 16.1. The molecule has 0 saturated heterocycles. The molecule has 4 heteroatoms. The molecule has 5 rings (SSSR count). The molecule has 0 unspecified atom stereocenters. The number of carbonyl (C=O) groups excluding carboxylic acids is 1. The summed E-state index contributed by atoms with van der Waals surface area (Å²) < 4.78 is 2.05. The molecule has 1 fully saturated rings. The highest BCUT2D eigenvalue weighted by Gasteiger charge is 2.56. The molecule has 0 aliphatic heterocycles. The zero-order valence-corrected chi connectivity index (χ0v) is 14.5. The Bertz CT molecular complexity index is 947. The molecule has 1 heterocycles. The second-order valence-electron chi connectivity index (χ2n) is 7.36. The Balaban J connectivity index is 1.22. The first-order chi connectivity index (χ1) is 12.8. The topological polar surface area (TPSA) is 46.9 Å². The van der Waals surface area contributed by atoms with Crippen LogP contribution in [0.1, 0.15) is 28.3 Å². The number of amides is 1. The average Bonchev–Trinajstić information content (AvgIpc) is 2.99. The molecular weight excluding hydrogens is 322 g/mol. The second-order valence-corrected chi connectivity index (χ2v) is 7.36. The van der Waals surface area contributed by atoms with Crippen LogP contribution in [0.15, 0.2) is 67.1 Å².